The molecular weight excluding hydrogens is 336 g/mol. The van der Waals surface area contributed by atoms with Crippen LogP contribution in [0.4, 0.5) is 0 Å². The molecule has 3 heteroatoms. The van der Waals surface area contributed by atoms with Crippen molar-refractivity contribution < 1.29 is 9.22 Å². The van der Waals surface area contributed by atoms with Crippen molar-refractivity contribution in [2.75, 3.05) is 0 Å². The summed E-state index contributed by atoms with van der Waals surface area (Å²) in [6.45, 7) is 24.5. The molecule has 0 aliphatic heterocycles. The van der Waals surface area contributed by atoms with Gasteiger partial charge in [-0.15, -0.1) is 0 Å². The molecule has 0 saturated carbocycles. The Kier molecular flexibility index (Phi) is 7.55. The van der Waals surface area contributed by atoms with E-state index in [2.05, 4.69) is 82.2 Å². The van der Waals surface area contributed by atoms with E-state index in [0.29, 0.717) is 22.5 Å². The number of carbonyl (C=O) groups excluding carboxylic acids is 1. The smallest absolute Gasteiger partial charge is 0.321 e. The van der Waals surface area contributed by atoms with Crippen LogP contribution in [-0.2, 0) is 9.22 Å². The first kappa shape index (κ1) is 23.2. The van der Waals surface area contributed by atoms with Crippen LogP contribution >= 0.6 is 0 Å². The fraction of sp³-hybridized carbons (Fsp3) is 0.783. The van der Waals surface area contributed by atoms with Crippen molar-refractivity contribution in [3.8, 4) is 0 Å². The summed E-state index contributed by atoms with van der Waals surface area (Å²) in [7, 11) is -2.21. The van der Waals surface area contributed by atoms with Gasteiger partial charge in [-0.2, -0.15) is 0 Å². The highest BCUT2D eigenvalue weighted by Crippen LogP contribution is 2.47. The van der Waals surface area contributed by atoms with Gasteiger partial charge in [-0.25, -0.2) is 4.79 Å². The Balaban J connectivity index is 3.45. The molecule has 0 N–H and O–H groups in total. The summed E-state index contributed by atoms with van der Waals surface area (Å²) >= 11 is 0. The summed E-state index contributed by atoms with van der Waals surface area (Å²) < 4.78 is 6.52. The van der Waals surface area contributed by atoms with Crippen molar-refractivity contribution in [3.05, 3.63) is 22.8 Å². The first-order valence-electron chi connectivity index (χ1n) is 10.4. The van der Waals surface area contributed by atoms with Crippen LogP contribution in [0.3, 0.4) is 0 Å². The molecule has 26 heavy (non-hydrogen) atoms. The second-order valence-electron chi connectivity index (χ2n) is 9.98. The zero-order chi connectivity index (χ0) is 20.4. The van der Waals surface area contributed by atoms with Crippen LogP contribution < -0.4 is 0 Å². The summed E-state index contributed by atoms with van der Waals surface area (Å²) in [5.41, 5.74) is 4.60. The van der Waals surface area contributed by atoms with E-state index in [1.807, 2.05) is 0 Å². The molecule has 0 spiro atoms. The fourth-order valence-corrected chi connectivity index (χ4v) is 10.0. The first-order valence-corrected chi connectivity index (χ1v) is 12.5. The first-order chi connectivity index (χ1) is 11.8. The van der Waals surface area contributed by atoms with Crippen molar-refractivity contribution in [1.29, 1.82) is 0 Å². The van der Waals surface area contributed by atoms with Gasteiger partial charge in [0.15, 0.2) is 0 Å². The molecule has 0 fully saturated rings. The zero-order valence-corrected chi connectivity index (χ0v) is 20.1. The van der Waals surface area contributed by atoms with Gasteiger partial charge in [0.1, 0.15) is 0 Å². The molecule has 1 rings (SSSR count). The standard InChI is InChI=1S/C23H42O2Si/c1-15(2)14-21-20(13-12-19(9)23(21,10)11)22(24)25-26(16(3)4,17(5)6)18(7)8/h14,16-19H,12-13H2,1-11H3. The van der Waals surface area contributed by atoms with Crippen LogP contribution in [0.5, 0.6) is 0 Å². The van der Waals surface area contributed by atoms with Crippen molar-refractivity contribution in [3.63, 3.8) is 0 Å². The Morgan fingerprint density at radius 3 is 1.92 bits per heavy atom. The van der Waals surface area contributed by atoms with Crippen LogP contribution in [0.2, 0.25) is 16.6 Å². The lowest BCUT2D eigenvalue weighted by Gasteiger charge is -2.43. The van der Waals surface area contributed by atoms with E-state index >= 15 is 0 Å². The molecule has 2 nitrogen and oxygen atoms in total. The lowest BCUT2D eigenvalue weighted by molar-refractivity contribution is -0.132. The third-order valence-electron chi connectivity index (χ3n) is 6.73. The minimum absolute atomic E-state index is 0.00157. The summed E-state index contributed by atoms with van der Waals surface area (Å²) in [6.07, 6.45) is 4.11. The molecule has 0 heterocycles. The van der Waals surface area contributed by atoms with E-state index < -0.39 is 8.32 Å². The van der Waals surface area contributed by atoms with Crippen molar-refractivity contribution in [1.82, 2.24) is 0 Å². The molecule has 1 aliphatic carbocycles. The van der Waals surface area contributed by atoms with E-state index in [0.717, 1.165) is 18.4 Å². The Hall–Kier alpha value is -0.833. The van der Waals surface area contributed by atoms with Gasteiger partial charge in [0.2, 0.25) is 0 Å². The quantitative estimate of drug-likeness (QED) is 0.449. The maximum Gasteiger partial charge on any atom is 0.321 e. The third kappa shape index (κ3) is 4.35. The lowest BCUT2D eigenvalue weighted by Crippen LogP contribution is -2.49. The van der Waals surface area contributed by atoms with Gasteiger partial charge in [-0.1, -0.05) is 74.0 Å². The van der Waals surface area contributed by atoms with Crippen LogP contribution in [0, 0.1) is 11.3 Å². The van der Waals surface area contributed by atoms with Gasteiger partial charge in [0.05, 0.1) is 0 Å². The summed E-state index contributed by atoms with van der Waals surface area (Å²) in [5.74, 6) is 0.521. The minimum atomic E-state index is -2.21. The normalized spacial score (nSPS) is 20.8. The third-order valence-corrected chi connectivity index (χ3v) is 12.7. The SMILES string of the molecule is CC(C)=CC1=C(C(=O)O[Si](C(C)C)(C(C)C)C(C)C)CCC(C)C1(C)C. The number of carbonyl (C=O) groups is 1. The van der Waals surface area contributed by atoms with Crippen molar-refractivity contribution in [2.24, 2.45) is 11.3 Å². The number of rotatable bonds is 6. The molecule has 1 aliphatic rings. The van der Waals surface area contributed by atoms with Crippen LogP contribution in [-0.4, -0.2) is 14.3 Å². The summed E-state index contributed by atoms with van der Waals surface area (Å²) in [5, 5.41) is 0. The molecule has 0 radical (unpaired) electrons. The van der Waals surface area contributed by atoms with Gasteiger partial charge in [-0.3, -0.25) is 0 Å². The highest BCUT2D eigenvalue weighted by molar-refractivity contribution is 6.79. The van der Waals surface area contributed by atoms with Crippen LogP contribution in [0.1, 0.15) is 89.0 Å². The van der Waals surface area contributed by atoms with E-state index in [1.54, 1.807) is 0 Å². The predicted molar refractivity (Wildman–Crippen MR) is 116 cm³/mol. The second-order valence-corrected chi connectivity index (χ2v) is 15.4. The monoisotopic (exact) mass is 378 g/mol. The van der Waals surface area contributed by atoms with E-state index in [1.165, 1.54) is 11.1 Å². The van der Waals surface area contributed by atoms with Gasteiger partial charge in [0, 0.05) is 5.57 Å². The molecule has 0 saturated heterocycles. The van der Waals surface area contributed by atoms with Gasteiger partial charge < -0.3 is 4.43 Å². The molecule has 1 unspecified atom stereocenters. The molecule has 0 aromatic heterocycles. The highest BCUT2D eigenvalue weighted by atomic mass is 28.4. The molecule has 150 valence electrons. The highest BCUT2D eigenvalue weighted by Gasteiger charge is 2.49. The van der Waals surface area contributed by atoms with Crippen molar-refractivity contribution in [2.45, 2.75) is 106 Å². The lowest BCUT2D eigenvalue weighted by atomic mass is 9.65. The summed E-state index contributed by atoms with van der Waals surface area (Å²) in [4.78, 5) is 13.4. The fourth-order valence-electron chi connectivity index (χ4n) is 4.86. The van der Waals surface area contributed by atoms with E-state index in [9.17, 15) is 4.79 Å². The largest absolute Gasteiger partial charge is 0.515 e. The molecule has 0 aromatic rings. The molecule has 1 atom stereocenters. The molecule has 0 amide bonds. The zero-order valence-electron chi connectivity index (χ0n) is 19.1. The minimum Gasteiger partial charge on any atom is -0.515 e. The Morgan fingerprint density at radius 2 is 1.54 bits per heavy atom. The number of allylic oxidation sites excluding steroid dienone is 3. The number of hydrogen-bond acceptors (Lipinski definition) is 2. The second kappa shape index (κ2) is 8.46. The summed E-state index contributed by atoms with van der Waals surface area (Å²) in [6, 6.07) is 0. The average molecular weight is 379 g/mol. The maximum atomic E-state index is 13.4. The topological polar surface area (TPSA) is 26.3 Å². The predicted octanol–water partition coefficient (Wildman–Crippen LogP) is 7.42. The average Bonchev–Trinajstić information content (AvgIpc) is 2.48. The number of hydrogen-bond donors (Lipinski definition) is 0. The molecule has 0 bridgehead atoms. The van der Waals surface area contributed by atoms with Gasteiger partial charge in [-0.05, 0) is 60.2 Å². The van der Waals surface area contributed by atoms with Crippen molar-refractivity contribution >= 4 is 14.3 Å². The molecular formula is C23H42O2Si. The van der Waals surface area contributed by atoms with Gasteiger partial charge >= 0.3 is 5.97 Å². The Bertz CT molecular complexity index is 553. The van der Waals surface area contributed by atoms with E-state index in [4.69, 9.17) is 4.43 Å². The van der Waals surface area contributed by atoms with Crippen LogP contribution in [0.25, 0.3) is 0 Å². The molecule has 0 aromatic carbocycles. The Morgan fingerprint density at radius 1 is 1.08 bits per heavy atom. The van der Waals surface area contributed by atoms with E-state index in [-0.39, 0.29) is 11.4 Å². The van der Waals surface area contributed by atoms with Crippen LogP contribution in [0.15, 0.2) is 22.8 Å². The van der Waals surface area contributed by atoms with Gasteiger partial charge in [0.25, 0.3) is 8.32 Å². The maximum absolute atomic E-state index is 13.4. The Labute approximate surface area is 163 Å².